The van der Waals surface area contributed by atoms with E-state index in [1.807, 2.05) is 0 Å². The van der Waals surface area contributed by atoms with Crippen molar-refractivity contribution >= 4 is 10.8 Å². The average Bonchev–Trinajstić information content (AvgIpc) is 3.01. The van der Waals surface area contributed by atoms with Gasteiger partial charge < -0.3 is 10.6 Å². The minimum atomic E-state index is 0.474. The normalized spacial score (nSPS) is 17.6. The predicted octanol–water partition coefficient (Wildman–Crippen LogP) is 3.37. The number of nitrogens with two attached hydrogens (primary N) is 1. The van der Waals surface area contributed by atoms with Crippen LogP contribution in [0.4, 0.5) is 0 Å². The Morgan fingerprint density at radius 3 is 2.55 bits per heavy atom. The average molecular weight is 268 g/mol. The van der Waals surface area contributed by atoms with Crippen LogP contribution in [0.3, 0.4) is 0 Å². The summed E-state index contributed by atoms with van der Waals surface area (Å²) in [5, 5.41) is 2.69. The molecule has 0 aliphatic carbocycles. The van der Waals surface area contributed by atoms with Crippen LogP contribution >= 0.6 is 0 Å². The molecule has 0 bridgehead atoms. The fraction of sp³-hybridized carbons (Fsp3) is 0.444. The van der Waals surface area contributed by atoms with Crippen molar-refractivity contribution in [2.45, 2.75) is 25.2 Å². The summed E-state index contributed by atoms with van der Waals surface area (Å²) < 4.78 is 0. The maximum absolute atomic E-state index is 6.06. The van der Waals surface area contributed by atoms with Gasteiger partial charge in [-0.25, -0.2) is 0 Å². The summed E-state index contributed by atoms with van der Waals surface area (Å²) in [5.74, 6) is 0.474. The van der Waals surface area contributed by atoms with Crippen molar-refractivity contribution in [2.24, 2.45) is 5.73 Å². The maximum atomic E-state index is 6.06. The zero-order chi connectivity index (χ0) is 13.8. The number of likely N-dealkylation sites (tertiary alicyclic amines) is 1. The maximum Gasteiger partial charge on any atom is -0.000753 e. The van der Waals surface area contributed by atoms with E-state index in [-0.39, 0.29) is 0 Å². The summed E-state index contributed by atoms with van der Waals surface area (Å²) in [7, 11) is 0. The van der Waals surface area contributed by atoms with Crippen LogP contribution in [0.5, 0.6) is 0 Å². The van der Waals surface area contributed by atoms with E-state index in [9.17, 15) is 0 Å². The highest BCUT2D eigenvalue weighted by Gasteiger charge is 2.16. The molecule has 2 heteroatoms. The summed E-state index contributed by atoms with van der Waals surface area (Å²) >= 11 is 0. The summed E-state index contributed by atoms with van der Waals surface area (Å²) in [6.45, 7) is 4.46. The molecule has 0 aromatic heterocycles. The van der Waals surface area contributed by atoms with Crippen LogP contribution in [0.15, 0.2) is 42.5 Å². The molecule has 1 atom stereocenters. The van der Waals surface area contributed by atoms with Crippen LogP contribution in [-0.2, 0) is 0 Å². The molecule has 0 amide bonds. The largest absolute Gasteiger partial charge is 0.330 e. The molecule has 2 aromatic rings. The Labute approximate surface area is 121 Å². The number of hydrogen-bond donors (Lipinski definition) is 1. The fourth-order valence-electron chi connectivity index (χ4n) is 3.35. The Morgan fingerprint density at radius 2 is 1.75 bits per heavy atom. The first-order valence-electron chi connectivity index (χ1n) is 7.78. The number of fused-ring (bicyclic) bond motifs is 1. The first kappa shape index (κ1) is 13.6. The molecule has 0 spiro atoms. The highest BCUT2D eigenvalue weighted by molar-refractivity contribution is 5.86. The molecule has 1 aliphatic rings. The van der Waals surface area contributed by atoms with Gasteiger partial charge in [-0.15, -0.1) is 0 Å². The molecular formula is C18H24N2. The quantitative estimate of drug-likeness (QED) is 0.901. The lowest BCUT2D eigenvalue weighted by atomic mass is 9.91. The van der Waals surface area contributed by atoms with E-state index in [2.05, 4.69) is 47.4 Å². The van der Waals surface area contributed by atoms with E-state index in [0.717, 1.165) is 6.54 Å². The molecule has 0 saturated carbocycles. The second-order valence-electron chi connectivity index (χ2n) is 5.84. The van der Waals surface area contributed by atoms with Crippen LogP contribution in [0.2, 0.25) is 0 Å². The Bertz CT molecular complexity index is 553. The van der Waals surface area contributed by atoms with Crippen molar-refractivity contribution in [3.8, 4) is 0 Å². The first-order valence-corrected chi connectivity index (χ1v) is 7.78. The number of hydrogen-bond acceptors (Lipinski definition) is 2. The third-order valence-corrected chi connectivity index (χ3v) is 4.54. The number of nitrogens with zero attached hydrogens (tertiary/aromatic N) is 1. The van der Waals surface area contributed by atoms with Gasteiger partial charge in [0, 0.05) is 0 Å². The van der Waals surface area contributed by atoms with Gasteiger partial charge in [-0.1, -0.05) is 42.5 Å². The lowest BCUT2D eigenvalue weighted by molar-refractivity contribution is 0.322. The van der Waals surface area contributed by atoms with Gasteiger partial charge in [0.1, 0.15) is 0 Å². The second-order valence-corrected chi connectivity index (χ2v) is 5.84. The molecule has 20 heavy (non-hydrogen) atoms. The van der Waals surface area contributed by atoms with E-state index in [4.69, 9.17) is 5.73 Å². The standard InChI is InChI=1S/C18H24N2/c19-14-16(10-13-20-11-3-4-12-20)18-9-5-7-15-6-1-2-8-17(15)18/h1-2,5-9,16H,3-4,10-14,19H2. The van der Waals surface area contributed by atoms with Gasteiger partial charge in [-0.2, -0.15) is 0 Å². The molecule has 0 radical (unpaired) electrons. The van der Waals surface area contributed by atoms with Crippen LogP contribution in [0.25, 0.3) is 10.8 Å². The third-order valence-electron chi connectivity index (χ3n) is 4.54. The third kappa shape index (κ3) is 2.87. The summed E-state index contributed by atoms with van der Waals surface area (Å²) in [4.78, 5) is 2.58. The molecule has 1 aliphatic heterocycles. The van der Waals surface area contributed by atoms with Gasteiger partial charge in [0.25, 0.3) is 0 Å². The number of benzene rings is 2. The molecule has 2 N–H and O–H groups in total. The monoisotopic (exact) mass is 268 g/mol. The molecule has 1 heterocycles. The van der Waals surface area contributed by atoms with Crippen molar-refractivity contribution in [1.29, 1.82) is 0 Å². The molecule has 2 nitrogen and oxygen atoms in total. The van der Waals surface area contributed by atoms with Crippen LogP contribution in [-0.4, -0.2) is 31.1 Å². The molecule has 106 valence electrons. The molecule has 2 aromatic carbocycles. The lowest BCUT2D eigenvalue weighted by Crippen LogP contribution is -2.24. The topological polar surface area (TPSA) is 29.3 Å². The Balaban J connectivity index is 1.79. The van der Waals surface area contributed by atoms with E-state index >= 15 is 0 Å². The number of rotatable bonds is 5. The van der Waals surface area contributed by atoms with Gasteiger partial charge >= 0.3 is 0 Å². The second kappa shape index (κ2) is 6.38. The lowest BCUT2D eigenvalue weighted by Gasteiger charge is -2.21. The van der Waals surface area contributed by atoms with E-state index in [1.165, 1.54) is 55.2 Å². The van der Waals surface area contributed by atoms with Gasteiger partial charge in [-0.3, -0.25) is 0 Å². The van der Waals surface area contributed by atoms with E-state index in [1.54, 1.807) is 0 Å². The Kier molecular flexibility index (Phi) is 4.34. The molecule has 1 saturated heterocycles. The van der Waals surface area contributed by atoms with Crippen molar-refractivity contribution < 1.29 is 0 Å². The van der Waals surface area contributed by atoms with E-state index in [0.29, 0.717) is 5.92 Å². The SMILES string of the molecule is NCC(CCN1CCCC1)c1cccc2ccccc12. The predicted molar refractivity (Wildman–Crippen MR) is 86.0 cm³/mol. The highest BCUT2D eigenvalue weighted by Crippen LogP contribution is 2.27. The van der Waals surface area contributed by atoms with Gasteiger partial charge in [0.05, 0.1) is 0 Å². The Morgan fingerprint density at radius 1 is 1.00 bits per heavy atom. The molecule has 3 rings (SSSR count). The van der Waals surface area contributed by atoms with Crippen molar-refractivity contribution in [3.05, 3.63) is 48.0 Å². The zero-order valence-electron chi connectivity index (χ0n) is 12.1. The molecule has 1 unspecified atom stereocenters. The summed E-state index contributed by atoms with van der Waals surface area (Å²) in [6, 6.07) is 15.2. The van der Waals surface area contributed by atoms with Crippen LogP contribution < -0.4 is 5.73 Å². The fourth-order valence-corrected chi connectivity index (χ4v) is 3.35. The zero-order valence-corrected chi connectivity index (χ0v) is 12.1. The van der Waals surface area contributed by atoms with Gasteiger partial charge in [0.15, 0.2) is 0 Å². The summed E-state index contributed by atoms with van der Waals surface area (Å²) in [6.07, 6.45) is 3.90. The van der Waals surface area contributed by atoms with Gasteiger partial charge in [-0.05, 0) is 67.7 Å². The molecular weight excluding hydrogens is 244 g/mol. The smallest absolute Gasteiger partial charge is 0.000753 e. The minimum Gasteiger partial charge on any atom is -0.330 e. The van der Waals surface area contributed by atoms with Crippen molar-refractivity contribution in [2.75, 3.05) is 26.2 Å². The minimum absolute atomic E-state index is 0.474. The van der Waals surface area contributed by atoms with Crippen LogP contribution in [0.1, 0.15) is 30.7 Å². The molecule has 1 fully saturated rings. The van der Waals surface area contributed by atoms with Gasteiger partial charge in [0.2, 0.25) is 0 Å². The summed E-state index contributed by atoms with van der Waals surface area (Å²) in [5.41, 5.74) is 7.48. The van der Waals surface area contributed by atoms with Crippen LogP contribution in [0, 0.1) is 0 Å². The van der Waals surface area contributed by atoms with E-state index < -0.39 is 0 Å². The van der Waals surface area contributed by atoms with Crippen molar-refractivity contribution in [1.82, 2.24) is 4.90 Å². The first-order chi connectivity index (χ1) is 9.88. The highest BCUT2D eigenvalue weighted by atomic mass is 15.1. The van der Waals surface area contributed by atoms with Crippen molar-refractivity contribution in [3.63, 3.8) is 0 Å². The Hall–Kier alpha value is -1.38.